The molecule has 2 aliphatic heterocycles. The molecule has 4 aliphatic carbocycles. The van der Waals surface area contributed by atoms with Crippen LogP contribution in [0.15, 0.2) is 24.3 Å². The summed E-state index contributed by atoms with van der Waals surface area (Å²) < 4.78 is 42.2. The second kappa shape index (κ2) is 12.4. The van der Waals surface area contributed by atoms with Gasteiger partial charge in [-0.05, 0) is 48.5 Å². The van der Waals surface area contributed by atoms with Crippen LogP contribution >= 0.6 is 0 Å². The van der Waals surface area contributed by atoms with Crippen LogP contribution in [-0.2, 0) is 61.9 Å². The minimum Gasteiger partial charge on any atom is -0.467 e. The van der Waals surface area contributed by atoms with Crippen LogP contribution in [0.2, 0.25) is 0 Å². The molecule has 1 N–H and O–H groups in total. The number of rotatable bonds is 6. The predicted molar refractivity (Wildman–Crippen MR) is 182 cm³/mol. The number of fused-ring (bicyclic) bond motifs is 9. The van der Waals surface area contributed by atoms with Gasteiger partial charge in [0, 0.05) is 51.5 Å². The first-order valence-electron chi connectivity index (χ1n) is 18.3. The molecule has 292 valence electrons. The maximum Gasteiger partial charge on any atom is 0.342 e. The van der Waals surface area contributed by atoms with Crippen molar-refractivity contribution in [2.45, 2.75) is 123 Å². The fourth-order valence-electron chi connectivity index (χ4n) is 12.5. The molecule has 6 aliphatic rings. The number of esters is 6. The van der Waals surface area contributed by atoms with Crippen molar-refractivity contribution in [1.29, 1.82) is 0 Å². The van der Waals surface area contributed by atoms with E-state index >= 15 is 0 Å². The zero-order valence-electron chi connectivity index (χ0n) is 32.1. The number of cyclic esters (lactones) is 1. The maximum absolute atomic E-state index is 13.9. The standard InChI is InChI=1S/C39H52O14/c1-18(2)37-17-48-26(44)13-12-24(37)34(8)15-14-25-35(9,28(34)27(49-20(4)40)30(37)50-21(5)41)31(51-22(6)42)32(52-23(7)43)36(10)38(25,46)16-19(3)29-39(36,53-29)33(45)47-11/h12-13,18,24-25,27-32,46H,3,14-17H2,1-2,4-11H3. The van der Waals surface area contributed by atoms with Crippen molar-refractivity contribution >= 4 is 35.8 Å². The smallest absolute Gasteiger partial charge is 0.342 e. The van der Waals surface area contributed by atoms with Crippen molar-refractivity contribution in [3.8, 4) is 0 Å². The first kappa shape index (κ1) is 38.9. The Morgan fingerprint density at radius 3 is 2.02 bits per heavy atom. The third-order valence-electron chi connectivity index (χ3n) is 14.4. The molecule has 14 nitrogen and oxygen atoms in total. The summed E-state index contributed by atoms with van der Waals surface area (Å²) in [4.78, 5) is 79.6. The highest BCUT2D eigenvalue weighted by Gasteiger charge is 2.91. The van der Waals surface area contributed by atoms with E-state index in [4.69, 9.17) is 33.2 Å². The van der Waals surface area contributed by atoms with E-state index < -0.39 is 117 Å². The van der Waals surface area contributed by atoms with Gasteiger partial charge in [0.05, 0.1) is 23.5 Å². The molecule has 0 aromatic carbocycles. The number of carbonyl (C=O) groups is 6. The van der Waals surface area contributed by atoms with Gasteiger partial charge < -0.3 is 38.3 Å². The second-order valence-electron chi connectivity index (χ2n) is 17.0. The Balaban J connectivity index is 1.72. The van der Waals surface area contributed by atoms with Crippen LogP contribution in [0, 0.1) is 45.3 Å². The fourth-order valence-corrected chi connectivity index (χ4v) is 12.5. The monoisotopic (exact) mass is 744 g/mol. The number of hydrogen-bond donors (Lipinski definition) is 1. The second-order valence-corrected chi connectivity index (χ2v) is 17.0. The molecule has 0 spiro atoms. The molecule has 0 radical (unpaired) electrons. The van der Waals surface area contributed by atoms with Crippen LogP contribution in [0.4, 0.5) is 0 Å². The van der Waals surface area contributed by atoms with Gasteiger partial charge in [-0.15, -0.1) is 0 Å². The van der Waals surface area contributed by atoms with E-state index in [9.17, 15) is 33.9 Å². The Bertz CT molecular complexity index is 1680. The number of hydrogen-bond acceptors (Lipinski definition) is 14. The molecular weight excluding hydrogens is 692 g/mol. The molecule has 14 atom stereocenters. The summed E-state index contributed by atoms with van der Waals surface area (Å²) in [6.07, 6.45) is -2.56. The summed E-state index contributed by atoms with van der Waals surface area (Å²) in [5.41, 5.74) is -8.64. The Morgan fingerprint density at radius 1 is 0.906 bits per heavy atom. The lowest BCUT2D eigenvalue weighted by Gasteiger charge is -2.74. The van der Waals surface area contributed by atoms with Gasteiger partial charge in [0.15, 0.2) is 6.10 Å². The number of aliphatic hydroxyl groups is 1. The van der Waals surface area contributed by atoms with Crippen molar-refractivity contribution in [1.82, 2.24) is 0 Å². The Morgan fingerprint density at radius 2 is 1.47 bits per heavy atom. The zero-order chi connectivity index (χ0) is 39.4. The Hall–Kier alpha value is -3.78. The van der Waals surface area contributed by atoms with E-state index in [1.165, 1.54) is 40.9 Å². The normalized spacial score (nSPS) is 46.4. The van der Waals surface area contributed by atoms with E-state index in [1.807, 2.05) is 20.8 Å². The van der Waals surface area contributed by atoms with Gasteiger partial charge in [-0.2, -0.15) is 0 Å². The Kier molecular flexibility index (Phi) is 9.09. The molecule has 1 saturated heterocycles. The molecule has 0 aromatic rings. The molecule has 14 heteroatoms. The third kappa shape index (κ3) is 4.88. The molecule has 53 heavy (non-hydrogen) atoms. The van der Waals surface area contributed by atoms with Gasteiger partial charge in [-0.3, -0.25) is 19.2 Å². The van der Waals surface area contributed by atoms with Crippen molar-refractivity contribution in [2.24, 2.45) is 45.3 Å². The van der Waals surface area contributed by atoms with Crippen molar-refractivity contribution in [2.75, 3.05) is 13.7 Å². The third-order valence-corrected chi connectivity index (χ3v) is 14.4. The summed E-state index contributed by atoms with van der Waals surface area (Å²) >= 11 is 0. The van der Waals surface area contributed by atoms with Crippen molar-refractivity contribution < 1.29 is 67.0 Å². The molecular formula is C39H52O14. The highest BCUT2D eigenvalue weighted by atomic mass is 16.7. The molecule has 5 fully saturated rings. The first-order chi connectivity index (χ1) is 24.5. The lowest BCUT2D eigenvalue weighted by Crippen LogP contribution is -2.84. The average Bonchev–Trinajstić information content (AvgIpc) is 3.84. The van der Waals surface area contributed by atoms with Gasteiger partial charge >= 0.3 is 35.8 Å². The minimum absolute atomic E-state index is 0.0750. The van der Waals surface area contributed by atoms with Gasteiger partial charge in [0.25, 0.3) is 0 Å². The van der Waals surface area contributed by atoms with E-state index in [0.717, 1.165) is 0 Å². The van der Waals surface area contributed by atoms with Crippen LogP contribution in [0.5, 0.6) is 0 Å². The Labute approximate surface area is 309 Å². The van der Waals surface area contributed by atoms with E-state index in [-0.39, 0.29) is 25.4 Å². The zero-order valence-corrected chi connectivity index (χ0v) is 32.1. The van der Waals surface area contributed by atoms with Gasteiger partial charge in [0.1, 0.15) is 31.0 Å². The molecule has 4 saturated carbocycles. The fraction of sp³-hybridized carbons (Fsp3) is 0.744. The number of ether oxygens (including phenoxy) is 7. The summed E-state index contributed by atoms with van der Waals surface area (Å²) in [5, 5.41) is 13.6. The van der Waals surface area contributed by atoms with Gasteiger partial charge in [-0.1, -0.05) is 40.3 Å². The highest BCUT2D eigenvalue weighted by Crippen LogP contribution is 2.78. The SMILES string of the molecule is C=C1CC2(O)C3CCC4(C)C(C(OC(C)=O)C(OC(C)=O)C5(C(C)C)COC(=O)C=CC45)C3(C)C(OC(C)=O)C(OC(C)=O)C2(C)C2(C(=O)OC)OC12. The molecule has 0 bridgehead atoms. The molecule has 6 rings (SSSR count). The van der Waals surface area contributed by atoms with Crippen LogP contribution in [0.1, 0.15) is 81.6 Å². The summed E-state index contributed by atoms with van der Waals surface area (Å²) in [7, 11) is 1.19. The van der Waals surface area contributed by atoms with Crippen LogP contribution < -0.4 is 0 Å². The topological polar surface area (TPSA) is 191 Å². The van der Waals surface area contributed by atoms with E-state index in [2.05, 4.69) is 6.58 Å². The number of carbonyl (C=O) groups excluding carboxylic acids is 6. The molecule has 0 aromatic heterocycles. The van der Waals surface area contributed by atoms with E-state index in [0.29, 0.717) is 12.0 Å². The van der Waals surface area contributed by atoms with Crippen molar-refractivity contribution in [3.63, 3.8) is 0 Å². The van der Waals surface area contributed by atoms with Crippen molar-refractivity contribution in [3.05, 3.63) is 24.3 Å². The van der Waals surface area contributed by atoms with Crippen LogP contribution in [0.3, 0.4) is 0 Å². The summed E-state index contributed by atoms with van der Waals surface area (Å²) in [5.74, 6) is -6.93. The molecule has 0 amide bonds. The number of epoxide rings is 1. The van der Waals surface area contributed by atoms with Crippen LogP contribution in [-0.4, -0.2) is 96.4 Å². The molecule has 14 unspecified atom stereocenters. The quantitative estimate of drug-likeness (QED) is 0.181. The predicted octanol–water partition coefficient (Wildman–Crippen LogP) is 3.16. The number of allylic oxidation sites excluding steroid dienone is 1. The maximum atomic E-state index is 13.9. The minimum atomic E-state index is -1.93. The van der Waals surface area contributed by atoms with Crippen LogP contribution in [0.25, 0.3) is 0 Å². The van der Waals surface area contributed by atoms with Gasteiger partial charge in [-0.25, -0.2) is 9.59 Å². The summed E-state index contributed by atoms with van der Waals surface area (Å²) in [6.45, 7) is 18.2. The lowest BCUT2D eigenvalue weighted by atomic mass is 9.31. The number of methoxy groups -OCH3 is 1. The largest absolute Gasteiger partial charge is 0.467 e. The highest BCUT2D eigenvalue weighted by molar-refractivity contribution is 5.87. The lowest BCUT2D eigenvalue weighted by molar-refractivity contribution is -0.355. The van der Waals surface area contributed by atoms with E-state index in [1.54, 1.807) is 19.9 Å². The van der Waals surface area contributed by atoms with Gasteiger partial charge in [0.2, 0.25) is 5.60 Å². The summed E-state index contributed by atoms with van der Waals surface area (Å²) in [6, 6.07) is 0. The first-order valence-corrected chi connectivity index (χ1v) is 18.3. The molecule has 2 heterocycles. The average molecular weight is 745 g/mol.